The zero-order valence-corrected chi connectivity index (χ0v) is 12.2. The minimum Gasteiger partial charge on any atom is -0.332 e. The van der Waals surface area contributed by atoms with Crippen molar-refractivity contribution in [2.75, 3.05) is 0 Å². The Hall–Kier alpha value is -2.47. The van der Waals surface area contributed by atoms with Crippen molar-refractivity contribution in [2.45, 2.75) is 18.8 Å². The van der Waals surface area contributed by atoms with Crippen LogP contribution in [0.2, 0.25) is 5.15 Å². The Bertz CT molecular complexity index is 1020. The van der Waals surface area contributed by atoms with Crippen LogP contribution in [0.5, 0.6) is 0 Å². The summed E-state index contributed by atoms with van der Waals surface area (Å²) in [5, 5.41) is 4.41. The van der Waals surface area contributed by atoms with Crippen molar-refractivity contribution in [3.63, 3.8) is 0 Å². The standard InChI is InChI=1S/C15H10ClN5O/c16-13-12-11(15-19-14(20-22-15)8-5-6-8)17-7-21(12)10-4-2-1-3-9(10)18-13/h1-4,7-8H,5-6H2. The molecule has 1 aliphatic carbocycles. The summed E-state index contributed by atoms with van der Waals surface area (Å²) in [7, 11) is 0. The summed E-state index contributed by atoms with van der Waals surface area (Å²) in [6.45, 7) is 0. The van der Waals surface area contributed by atoms with Crippen LogP contribution in [0.1, 0.15) is 24.6 Å². The van der Waals surface area contributed by atoms with Gasteiger partial charge in [0.1, 0.15) is 11.8 Å². The molecule has 108 valence electrons. The van der Waals surface area contributed by atoms with Gasteiger partial charge in [-0.15, -0.1) is 0 Å². The zero-order valence-electron chi connectivity index (χ0n) is 11.4. The van der Waals surface area contributed by atoms with Gasteiger partial charge in [-0.05, 0) is 25.0 Å². The van der Waals surface area contributed by atoms with Crippen molar-refractivity contribution >= 4 is 28.2 Å². The third-order valence-corrected chi connectivity index (χ3v) is 4.17. The average molecular weight is 312 g/mol. The lowest BCUT2D eigenvalue weighted by molar-refractivity contribution is 0.422. The van der Waals surface area contributed by atoms with Gasteiger partial charge >= 0.3 is 0 Å². The van der Waals surface area contributed by atoms with E-state index in [1.165, 1.54) is 0 Å². The van der Waals surface area contributed by atoms with E-state index in [4.69, 9.17) is 16.1 Å². The minimum absolute atomic E-state index is 0.373. The van der Waals surface area contributed by atoms with Crippen LogP contribution in [-0.2, 0) is 0 Å². The van der Waals surface area contributed by atoms with Crippen molar-refractivity contribution < 1.29 is 4.52 Å². The third kappa shape index (κ3) is 1.67. The number of fused-ring (bicyclic) bond motifs is 3. The molecule has 0 aliphatic heterocycles. The second-order valence-corrected chi connectivity index (χ2v) is 5.79. The van der Waals surface area contributed by atoms with Crippen molar-refractivity contribution in [1.29, 1.82) is 0 Å². The molecule has 0 unspecified atom stereocenters. The van der Waals surface area contributed by atoms with Crippen LogP contribution in [0.15, 0.2) is 35.1 Å². The molecule has 0 saturated heterocycles. The first-order chi connectivity index (χ1) is 10.8. The van der Waals surface area contributed by atoms with Gasteiger partial charge in [-0.25, -0.2) is 9.97 Å². The largest absolute Gasteiger partial charge is 0.332 e. The molecule has 22 heavy (non-hydrogen) atoms. The van der Waals surface area contributed by atoms with Gasteiger partial charge in [-0.1, -0.05) is 28.9 Å². The molecular weight excluding hydrogens is 302 g/mol. The van der Waals surface area contributed by atoms with Gasteiger partial charge < -0.3 is 4.52 Å². The fraction of sp³-hybridized carbons (Fsp3) is 0.200. The van der Waals surface area contributed by atoms with E-state index in [1.807, 2.05) is 28.7 Å². The Morgan fingerprint density at radius 3 is 2.91 bits per heavy atom. The van der Waals surface area contributed by atoms with E-state index in [-0.39, 0.29) is 0 Å². The second-order valence-electron chi connectivity index (χ2n) is 5.44. The van der Waals surface area contributed by atoms with Gasteiger partial charge in [0.15, 0.2) is 16.7 Å². The van der Waals surface area contributed by atoms with E-state index < -0.39 is 0 Å². The molecule has 5 rings (SSSR count). The van der Waals surface area contributed by atoms with E-state index in [0.717, 1.165) is 29.7 Å². The second kappa shape index (κ2) is 4.27. The number of benzene rings is 1. The highest BCUT2D eigenvalue weighted by Crippen LogP contribution is 2.39. The Balaban J connectivity index is 1.78. The summed E-state index contributed by atoms with van der Waals surface area (Å²) in [6.07, 6.45) is 3.95. The molecule has 1 aromatic carbocycles. The first-order valence-electron chi connectivity index (χ1n) is 7.06. The van der Waals surface area contributed by atoms with Gasteiger partial charge in [0.05, 0.1) is 11.0 Å². The lowest BCUT2D eigenvalue weighted by atomic mass is 10.3. The number of imidazole rings is 1. The lowest BCUT2D eigenvalue weighted by Crippen LogP contribution is -1.92. The summed E-state index contributed by atoms with van der Waals surface area (Å²) in [5.74, 6) is 1.57. The SMILES string of the molecule is Clc1nc2ccccc2n2cnc(-c3nc(C4CC4)no3)c12. The molecule has 0 spiro atoms. The molecule has 0 radical (unpaired) electrons. The zero-order chi connectivity index (χ0) is 14.7. The monoisotopic (exact) mass is 311 g/mol. The highest BCUT2D eigenvalue weighted by atomic mass is 35.5. The Labute approximate surface area is 129 Å². The minimum atomic E-state index is 0.373. The van der Waals surface area contributed by atoms with Gasteiger partial charge in [0.25, 0.3) is 5.89 Å². The van der Waals surface area contributed by atoms with Gasteiger partial charge in [-0.3, -0.25) is 4.40 Å². The smallest absolute Gasteiger partial charge is 0.278 e. The van der Waals surface area contributed by atoms with E-state index >= 15 is 0 Å². The number of halogens is 1. The normalized spacial score (nSPS) is 15.0. The van der Waals surface area contributed by atoms with Crippen molar-refractivity contribution in [3.8, 4) is 11.6 Å². The number of aromatic nitrogens is 5. The number of hydrogen-bond donors (Lipinski definition) is 0. The van der Waals surface area contributed by atoms with Crippen LogP contribution < -0.4 is 0 Å². The molecule has 0 amide bonds. The van der Waals surface area contributed by atoms with Crippen LogP contribution in [0.3, 0.4) is 0 Å². The highest BCUT2D eigenvalue weighted by molar-refractivity contribution is 6.33. The van der Waals surface area contributed by atoms with E-state index in [0.29, 0.717) is 28.2 Å². The Morgan fingerprint density at radius 1 is 1.18 bits per heavy atom. The topological polar surface area (TPSA) is 69.1 Å². The van der Waals surface area contributed by atoms with Crippen LogP contribution in [-0.4, -0.2) is 24.5 Å². The van der Waals surface area contributed by atoms with Gasteiger partial charge in [0.2, 0.25) is 0 Å². The van der Waals surface area contributed by atoms with E-state index in [9.17, 15) is 0 Å². The van der Waals surface area contributed by atoms with Crippen LogP contribution in [0.25, 0.3) is 28.1 Å². The molecule has 6 nitrogen and oxygen atoms in total. The fourth-order valence-electron chi connectivity index (χ4n) is 2.64. The molecule has 4 aromatic rings. The predicted octanol–water partition coefficient (Wildman–Crippen LogP) is 3.46. The van der Waals surface area contributed by atoms with Crippen LogP contribution in [0.4, 0.5) is 0 Å². The van der Waals surface area contributed by atoms with E-state index in [1.54, 1.807) is 6.33 Å². The van der Waals surface area contributed by atoms with Crippen molar-refractivity contribution in [3.05, 3.63) is 41.6 Å². The Kier molecular flexibility index (Phi) is 2.35. The maximum Gasteiger partial charge on any atom is 0.278 e. The molecule has 0 atom stereocenters. The predicted molar refractivity (Wildman–Crippen MR) is 80.8 cm³/mol. The molecule has 7 heteroatoms. The van der Waals surface area contributed by atoms with Crippen LogP contribution in [0, 0.1) is 0 Å². The Morgan fingerprint density at radius 2 is 2.05 bits per heavy atom. The molecule has 1 fully saturated rings. The van der Waals surface area contributed by atoms with Crippen LogP contribution >= 0.6 is 11.6 Å². The van der Waals surface area contributed by atoms with Crippen molar-refractivity contribution in [1.82, 2.24) is 24.5 Å². The lowest BCUT2D eigenvalue weighted by Gasteiger charge is -2.03. The van der Waals surface area contributed by atoms with Gasteiger partial charge in [0, 0.05) is 5.92 Å². The number of rotatable bonds is 2. The number of para-hydroxylation sites is 2. The molecule has 0 N–H and O–H groups in total. The number of nitrogens with zero attached hydrogens (tertiary/aromatic N) is 5. The average Bonchev–Trinajstić information content (AvgIpc) is 3.10. The highest BCUT2D eigenvalue weighted by Gasteiger charge is 2.30. The fourth-order valence-corrected chi connectivity index (χ4v) is 2.92. The van der Waals surface area contributed by atoms with E-state index in [2.05, 4.69) is 20.1 Å². The summed E-state index contributed by atoms with van der Waals surface area (Å²) in [5.41, 5.74) is 3.00. The summed E-state index contributed by atoms with van der Waals surface area (Å²) >= 11 is 6.35. The summed E-state index contributed by atoms with van der Waals surface area (Å²) < 4.78 is 7.27. The molecule has 3 aromatic heterocycles. The molecule has 0 bridgehead atoms. The maximum absolute atomic E-state index is 6.35. The molecule has 1 saturated carbocycles. The maximum atomic E-state index is 6.35. The van der Waals surface area contributed by atoms with Gasteiger partial charge in [-0.2, -0.15) is 4.98 Å². The summed E-state index contributed by atoms with van der Waals surface area (Å²) in [4.78, 5) is 13.3. The molecule has 1 aliphatic rings. The van der Waals surface area contributed by atoms with Crippen molar-refractivity contribution in [2.24, 2.45) is 0 Å². The molecule has 3 heterocycles. The number of hydrogen-bond acceptors (Lipinski definition) is 5. The third-order valence-electron chi connectivity index (χ3n) is 3.91. The quantitative estimate of drug-likeness (QED) is 0.567. The first-order valence-corrected chi connectivity index (χ1v) is 7.44. The molecular formula is C15H10ClN5O. The first kappa shape index (κ1) is 12.1. The summed E-state index contributed by atoms with van der Waals surface area (Å²) in [6, 6.07) is 7.77.